The lowest BCUT2D eigenvalue weighted by molar-refractivity contribution is -0.117. The van der Waals surface area contributed by atoms with Gasteiger partial charge in [-0.1, -0.05) is 0 Å². The maximum Gasteiger partial charge on any atom is 0.151 e. The number of thioether (sulfide) groups is 1. The first-order valence-corrected chi connectivity index (χ1v) is 5.77. The van der Waals surface area contributed by atoms with Crippen LogP contribution in [0.3, 0.4) is 0 Å². The first-order chi connectivity index (χ1) is 6.63. The van der Waals surface area contributed by atoms with Crippen LogP contribution in [0, 0.1) is 0 Å². The second kappa shape index (κ2) is 5.05. The highest BCUT2D eigenvalue weighted by molar-refractivity contribution is 7.98. The summed E-state index contributed by atoms with van der Waals surface area (Å²) in [7, 11) is 0. The Balaban J connectivity index is 2.64. The van der Waals surface area contributed by atoms with Crippen molar-refractivity contribution in [3.8, 4) is 0 Å². The molecule has 0 bridgehead atoms. The van der Waals surface area contributed by atoms with Crippen LogP contribution in [0.5, 0.6) is 0 Å². The number of carbonyl (C=O) groups is 1. The van der Waals surface area contributed by atoms with Crippen LogP contribution in [0.15, 0.2) is 29.2 Å². The van der Waals surface area contributed by atoms with Gasteiger partial charge in [0.1, 0.15) is 0 Å². The van der Waals surface area contributed by atoms with Gasteiger partial charge in [-0.05, 0) is 44.4 Å². The van der Waals surface area contributed by atoms with Gasteiger partial charge in [0.2, 0.25) is 0 Å². The van der Waals surface area contributed by atoms with Gasteiger partial charge in [0, 0.05) is 10.6 Å². The molecule has 0 heterocycles. The van der Waals surface area contributed by atoms with E-state index in [0.29, 0.717) is 0 Å². The first kappa shape index (κ1) is 11.1. The van der Waals surface area contributed by atoms with Gasteiger partial charge in [0.25, 0.3) is 0 Å². The molecular weight excluding hydrogens is 194 g/mol. The molecule has 1 aromatic rings. The van der Waals surface area contributed by atoms with Crippen LogP contribution < -0.4 is 5.32 Å². The Kier molecular flexibility index (Phi) is 4.01. The maximum absolute atomic E-state index is 11.0. The molecule has 0 amide bonds. The van der Waals surface area contributed by atoms with Crippen molar-refractivity contribution in [1.29, 1.82) is 0 Å². The molecule has 2 nitrogen and oxygen atoms in total. The number of hydrogen-bond donors (Lipinski definition) is 1. The zero-order valence-electron chi connectivity index (χ0n) is 8.70. The quantitative estimate of drug-likeness (QED) is 0.773. The van der Waals surface area contributed by atoms with Crippen molar-refractivity contribution in [2.24, 2.45) is 0 Å². The molecule has 1 atom stereocenters. The standard InChI is InChI=1S/C11H15NOS/c1-8(9(2)13)12-10-4-6-11(14-3)7-5-10/h4-8,12H,1-3H3. The number of Topliss-reactive ketones (excluding diaryl/α,β-unsaturated/α-hetero) is 1. The molecule has 1 rings (SSSR count). The molecule has 0 aliphatic rings. The van der Waals surface area contributed by atoms with E-state index in [4.69, 9.17) is 0 Å². The zero-order valence-corrected chi connectivity index (χ0v) is 9.52. The summed E-state index contributed by atoms with van der Waals surface area (Å²) in [6.45, 7) is 3.46. The Labute approximate surface area is 89.1 Å². The molecule has 0 saturated heterocycles. The van der Waals surface area contributed by atoms with Crippen LogP contribution in [0.25, 0.3) is 0 Å². The molecule has 0 spiro atoms. The van der Waals surface area contributed by atoms with Crippen LogP contribution in [0.2, 0.25) is 0 Å². The fourth-order valence-electron chi connectivity index (χ4n) is 1.04. The third kappa shape index (κ3) is 3.07. The fourth-order valence-corrected chi connectivity index (χ4v) is 1.45. The normalized spacial score (nSPS) is 12.2. The van der Waals surface area contributed by atoms with E-state index in [9.17, 15) is 4.79 Å². The molecule has 1 aromatic carbocycles. The Morgan fingerprint density at radius 3 is 2.36 bits per heavy atom. The molecule has 1 unspecified atom stereocenters. The van der Waals surface area contributed by atoms with Crippen LogP contribution in [0.4, 0.5) is 5.69 Å². The number of rotatable bonds is 4. The largest absolute Gasteiger partial charge is 0.376 e. The molecular formula is C11H15NOS. The number of nitrogens with one attached hydrogen (secondary N) is 1. The topological polar surface area (TPSA) is 29.1 Å². The number of hydrogen-bond acceptors (Lipinski definition) is 3. The van der Waals surface area contributed by atoms with Gasteiger partial charge in [-0.2, -0.15) is 0 Å². The molecule has 14 heavy (non-hydrogen) atoms. The molecule has 76 valence electrons. The maximum atomic E-state index is 11.0. The van der Waals surface area contributed by atoms with Crippen molar-refractivity contribution in [3.63, 3.8) is 0 Å². The lowest BCUT2D eigenvalue weighted by Gasteiger charge is -2.11. The van der Waals surface area contributed by atoms with Gasteiger partial charge in [-0.25, -0.2) is 0 Å². The molecule has 0 aliphatic heterocycles. The van der Waals surface area contributed by atoms with E-state index in [1.807, 2.05) is 37.4 Å². The van der Waals surface area contributed by atoms with Gasteiger partial charge in [-0.15, -0.1) is 11.8 Å². The van der Waals surface area contributed by atoms with Crippen molar-refractivity contribution in [2.75, 3.05) is 11.6 Å². The average molecular weight is 209 g/mol. The highest BCUT2D eigenvalue weighted by atomic mass is 32.2. The summed E-state index contributed by atoms with van der Waals surface area (Å²) in [4.78, 5) is 12.2. The predicted octanol–water partition coefficient (Wildman–Crippen LogP) is 2.80. The van der Waals surface area contributed by atoms with E-state index in [-0.39, 0.29) is 11.8 Å². The van der Waals surface area contributed by atoms with E-state index in [2.05, 4.69) is 5.32 Å². The summed E-state index contributed by atoms with van der Waals surface area (Å²) in [5.74, 6) is 0.152. The first-order valence-electron chi connectivity index (χ1n) is 4.54. The second-order valence-electron chi connectivity index (χ2n) is 3.21. The predicted molar refractivity (Wildman–Crippen MR) is 62.0 cm³/mol. The van der Waals surface area contributed by atoms with Crippen molar-refractivity contribution in [1.82, 2.24) is 0 Å². The SMILES string of the molecule is CSc1ccc(NC(C)C(C)=O)cc1. The van der Waals surface area contributed by atoms with Crippen LogP contribution in [-0.2, 0) is 4.79 Å². The van der Waals surface area contributed by atoms with Gasteiger partial charge in [0.15, 0.2) is 5.78 Å². The smallest absolute Gasteiger partial charge is 0.151 e. The van der Waals surface area contributed by atoms with E-state index in [1.165, 1.54) is 4.90 Å². The zero-order chi connectivity index (χ0) is 10.6. The van der Waals surface area contributed by atoms with Gasteiger partial charge in [0.05, 0.1) is 6.04 Å². The minimum atomic E-state index is -0.116. The van der Waals surface area contributed by atoms with E-state index in [0.717, 1.165) is 5.69 Å². The van der Waals surface area contributed by atoms with Crippen LogP contribution >= 0.6 is 11.8 Å². The Hall–Kier alpha value is -0.960. The number of ketones is 1. The molecule has 0 aliphatic carbocycles. The second-order valence-corrected chi connectivity index (χ2v) is 4.08. The molecule has 3 heteroatoms. The van der Waals surface area contributed by atoms with E-state index >= 15 is 0 Å². The molecule has 0 fully saturated rings. The average Bonchev–Trinajstić information content (AvgIpc) is 2.19. The summed E-state index contributed by atoms with van der Waals surface area (Å²) in [6, 6.07) is 7.95. The van der Waals surface area contributed by atoms with Gasteiger partial charge < -0.3 is 5.32 Å². The lowest BCUT2D eigenvalue weighted by atomic mass is 10.2. The van der Waals surface area contributed by atoms with Crippen molar-refractivity contribution < 1.29 is 4.79 Å². The molecule has 0 radical (unpaired) electrons. The lowest BCUT2D eigenvalue weighted by Crippen LogP contribution is -2.23. The molecule has 0 saturated carbocycles. The van der Waals surface area contributed by atoms with Crippen molar-refractivity contribution in [2.45, 2.75) is 24.8 Å². The number of carbonyl (C=O) groups excluding carboxylic acids is 1. The Morgan fingerprint density at radius 1 is 1.36 bits per heavy atom. The minimum Gasteiger partial charge on any atom is -0.376 e. The van der Waals surface area contributed by atoms with Gasteiger partial charge >= 0.3 is 0 Å². The number of benzene rings is 1. The fraction of sp³-hybridized carbons (Fsp3) is 0.364. The van der Waals surface area contributed by atoms with E-state index in [1.54, 1.807) is 18.7 Å². The van der Waals surface area contributed by atoms with Crippen LogP contribution in [0.1, 0.15) is 13.8 Å². The molecule has 0 aromatic heterocycles. The summed E-state index contributed by atoms with van der Waals surface area (Å²) in [6.07, 6.45) is 2.04. The Bertz CT molecular complexity index is 308. The summed E-state index contributed by atoms with van der Waals surface area (Å²) in [5, 5.41) is 3.13. The van der Waals surface area contributed by atoms with Crippen molar-refractivity contribution >= 4 is 23.2 Å². The highest BCUT2D eigenvalue weighted by Gasteiger charge is 2.05. The minimum absolute atomic E-state index is 0.116. The summed E-state index contributed by atoms with van der Waals surface area (Å²) >= 11 is 1.71. The van der Waals surface area contributed by atoms with Crippen molar-refractivity contribution in [3.05, 3.63) is 24.3 Å². The third-order valence-corrected chi connectivity index (χ3v) is 2.83. The van der Waals surface area contributed by atoms with Crippen LogP contribution in [-0.4, -0.2) is 18.1 Å². The third-order valence-electron chi connectivity index (χ3n) is 2.08. The monoisotopic (exact) mass is 209 g/mol. The van der Waals surface area contributed by atoms with Gasteiger partial charge in [-0.3, -0.25) is 4.79 Å². The molecule has 1 N–H and O–H groups in total. The number of anilines is 1. The summed E-state index contributed by atoms with van der Waals surface area (Å²) in [5.41, 5.74) is 0.991. The Morgan fingerprint density at radius 2 is 1.93 bits per heavy atom. The van der Waals surface area contributed by atoms with E-state index < -0.39 is 0 Å². The highest BCUT2D eigenvalue weighted by Crippen LogP contribution is 2.17. The summed E-state index contributed by atoms with van der Waals surface area (Å²) < 4.78 is 0.